The van der Waals surface area contributed by atoms with E-state index in [-0.39, 0.29) is 25.0 Å². The molecule has 6 heteroatoms. The molecule has 0 aliphatic rings. The molecule has 16 heavy (non-hydrogen) atoms. The average molecular weight is 231 g/mol. The highest BCUT2D eigenvalue weighted by Crippen LogP contribution is 1.99. The Balaban J connectivity index is 4.15. The van der Waals surface area contributed by atoms with E-state index in [4.69, 9.17) is 16.2 Å². The van der Waals surface area contributed by atoms with Gasteiger partial charge < -0.3 is 21.1 Å². The number of nitrogens with zero attached hydrogens (tertiary/aromatic N) is 1. The van der Waals surface area contributed by atoms with E-state index in [0.717, 1.165) is 0 Å². The van der Waals surface area contributed by atoms with Crippen LogP contribution < -0.4 is 11.5 Å². The molecule has 0 bridgehead atoms. The summed E-state index contributed by atoms with van der Waals surface area (Å²) in [6.07, 6.45) is 0. The molecular formula is C10H21N3O3. The van der Waals surface area contributed by atoms with E-state index in [0.29, 0.717) is 19.7 Å². The first-order valence-corrected chi connectivity index (χ1v) is 5.31. The van der Waals surface area contributed by atoms with Crippen LogP contribution in [-0.2, 0) is 14.3 Å². The molecule has 0 aromatic rings. The number of hydrogen-bond donors (Lipinski definition) is 2. The smallest absolute Gasteiger partial charge is 0.249 e. The predicted molar refractivity (Wildman–Crippen MR) is 60.5 cm³/mol. The van der Waals surface area contributed by atoms with Crippen molar-refractivity contribution < 1.29 is 14.3 Å². The molecule has 0 fully saturated rings. The van der Waals surface area contributed by atoms with Gasteiger partial charge in [-0.2, -0.15) is 0 Å². The second-order valence-electron chi connectivity index (χ2n) is 3.98. The maximum Gasteiger partial charge on any atom is 0.249 e. The molecule has 0 radical (unpaired) electrons. The van der Waals surface area contributed by atoms with Crippen molar-refractivity contribution in [2.75, 3.05) is 32.8 Å². The second kappa shape index (κ2) is 8.06. The van der Waals surface area contributed by atoms with E-state index < -0.39 is 5.91 Å². The van der Waals surface area contributed by atoms with Crippen LogP contribution >= 0.6 is 0 Å². The standard InChI is InChI=1S/C10H21N3O3/c1-8(2)5-13(6-9(12)14)10(15)7-16-4-3-11/h8H,3-7,11H2,1-2H3,(H2,12,14). The van der Waals surface area contributed by atoms with Crippen molar-refractivity contribution in [2.45, 2.75) is 13.8 Å². The number of rotatable bonds is 8. The Hall–Kier alpha value is -1.14. The summed E-state index contributed by atoms with van der Waals surface area (Å²) in [5, 5.41) is 0. The van der Waals surface area contributed by atoms with Gasteiger partial charge in [-0.25, -0.2) is 0 Å². The first-order chi connectivity index (χ1) is 7.47. The lowest BCUT2D eigenvalue weighted by molar-refractivity contribution is -0.139. The molecule has 0 spiro atoms. The zero-order chi connectivity index (χ0) is 12.6. The van der Waals surface area contributed by atoms with Gasteiger partial charge in [0.2, 0.25) is 11.8 Å². The number of nitrogens with two attached hydrogens (primary N) is 2. The van der Waals surface area contributed by atoms with E-state index in [1.54, 1.807) is 0 Å². The fourth-order valence-corrected chi connectivity index (χ4v) is 1.22. The number of carbonyl (C=O) groups is 2. The van der Waals surface area contributed by atoms with Crippen LogP contribution in [0.25, 0.3) is 0 Å². The van der Waals surface area contributed by atoms with Gasteiger partial charge >= 0.3 is 0 Å². The fraction of sp³-hybridized carbons (Fsp3) is 0.800. The lowest BCUT2D eigenvalue weighted by Crippen LogP contribution is -2.42. The van der Waals surface area contributed by atoms with E-state index in [9.17, 15) is 9.59 Å². The SMILES string of the molecule is CC(C)CN(CC(N)=O)C(=O)COCCN. The number of carbonyl (C=O) groups excluding carboxylic acids is 2. The molecule has 2 amide bonds. The minimum absolute atomic E-state index is 0.0583. The highest BCUT2D eigenvalue weighted by molar-refractivity contribution is 5.84. The van der Waals surface area contributed by atoms with Crippen LogP contribution in [0.2, 0.25) is 0 Å². The minimum Gasteiger partial charge on any atom is -0.370 e. The van der Waals surface area contributed by atoms with E-state index in [2.05, 4.69) is 0 Å². The lowest BCUT2D eigenvalue weighted by atomic mass is 10.2. The Kier molecular flexibility index (Phi) is 7.49. The van der Waals surface area contributed by atoms with E-state index in [1.807, 2.05) is 13.8 Å². The van der Waals surface area contributed by atoms with E-state index >= 15 is 0 Å². The van der Waals surface area contributed by atoms with Crippen LogP contribution in [0.1, 0.15) is 13.8 Å². The Bertz CT molecular complexity index is 231. The Labute approximate surface area is 95.9 Å². The summed E-state index contributed by atoms with van der Waals surface area (Å²) >= 11 is 0. The Morgan fingerprint density at radius 1 is 1.38 bits per heavy atom. The Morgan fingerprint density at radius 3 is 2.44 bits per heavy atom. The van der Waals surface area contributed by atoms with Gasteiger partial charge in [0.15, 0.2) is 0 Å². The molecule has 0 heterocycles. The van der Waals surface area contributed by atoms with Crippen molar-refractivity contribution in [3.63, 3.8) is 0 Å². The Morgan fingerprint density at radius 2 is 2.00 bits per heavy atom. The molecule has 0 saturated carbocycles. The van der Waals surface area contributed by atoms with Crippen molar-refractivity contribution in [3.8, 4) is 0 Å². The topological polar surface area (TPSA) is 98.6 Å². The predicted octanol–water partition coefficient (Wildman–Crippen LogP) is -1.07. The number of amides is 2. The largest absolute Gasteiger partial charge is 0.370 e. The van der Waals surface area contributed by atoms with Gasteiger partial charge in [0.25, 0.3) is 0 Å². The summed E-state index contributed by atoms with van der Waals surface area (Å²) in [6, 6.07) is 0. The third kappa shape index (κ3) is 7.19. The second-order valence-corrected chi connectivity index (χ2v) is 3.98. The molecule has 0 rings (SSSR count). The van der Waals surface area contributed by atoms with Crippen LogP contribution in [0.15, 0.2) is 0 Å². The van der Waals surface area contributed by atoms with Gasteiger partial charge in [0.1, 0.15) is 6.61 Å². The summed E-state index contributed by atoms with van der Waals surface area (Å²) < 4.78 is 5.02. The number of hydrogen-bond acceptors (Lipinski definition) is 4. The van der Waals surface area contributed by atoms with Gasteiger partial charge in [-0.15, -0.1) is 0 Å². The number of ether oxygens (including phenoxy) is 1. The van der Waals surface area contributed by atoms with Gasteiger partial charge in [-0.1, -0.05) is 13.8 Å². The van der Waals surface area contributed by atoms with Gasteiger partial charge in [-0.05, 0) is 5.92 Å². The van der Waals surface area contributed by atoms with Gasteiger partial charge in [0, 0.05) is 13.1 Å². The summed E-state index contributed by atoms with van der Waals surface area (Å²) in [4.78, 5) is 23.8. The van der Waals surface area contributed by atoms with Gasteiger partial charge in [-0.3, -0.25) is 9.59 Å². The van der Waals surface area contributed by atoms with Crippen molar-refractivity contribution in [1.29, 1.82) is 0 Å². The zero-order valence-corrected chi connectivity index (χ0v) is 9.94. The van der Waals surface area contributed by atoms with Crippen LogP contribution in [0.5, 0.6) is 0 Å². The summed E-state index contributed by atoms with van der Waals surface area (Å²) in [6.45, 7) is 4.99. The molecule has 0 aliphatic heterocycles. The van der Waals surface area contributed by atoms with Crippen molar-refractivity contribution in [1.82, 2.24) is 4.90 Å². The molecular weight excluding hydrogens is 210 g/mol. The highest BCUT2D eigenvalue weighted by Gasteiger charge is 2.16. The molecule has 0 aromatic heterocycles. The molecule has 0 atom stereocenters. The van der Waals surface area contributed by atoms with Crippen molar-refractivity contribution in [3.05, 3.63) is 0 Å². The van der Waals surface area contributed by atoms with Crippen molar-refractivity contribution >= 4 is 11.8 Å². The molecule has 94 valence electrons. The molecule has 4 N–H and O–H groups in total. The highest BCUT2D eigenvalue weighted by atomic mass is 16.5. The number of primary amides is 1. The van der Waals surface area contributed by atoms with Crippen molar-refractivity contribution in [2.24, 2.45) is 17.4 Å². The maximum atomic E-state index is 11.6. The fourth-order valence-electron chi connectivity index (χ4n) is 1.22. The quantitative estimate of drug-likeness (QED) is 0.520. The first-order valence-electron chi connectivity index (χ1n) is 5.31. The lowest BCUT2D eigenvalue weighted by Gasteiger charge is -2.23. The summed E-state index contributed by atoms with van der Waals surface area (Å²) in [5.41, 5.74) is 10.3. The van der Waals surface area contributed by atoms with Gasteiger partial charge in [0.05, 0.1) is 13.2 Å². The molecule has 0 saturated heterocycles. The molecule has 0 aromatic carbocycles. The van der Waals surface area contributed by atoms with Crippen LogP contribution in [0.3, 0.4) is 0 Å². The van der Waals surface area contributed by atoms with E-state index in [1.165, 1.54) is 4.90 Å². The van der Waals surface area contributed by atoms with Crippen LogP contribution in [-0.4, -0.2) is 49.6 Å². The monoisotopic (exact) mass is 231 g/mol. The minimum atomic E-state index is -0.521. The normalized spacial score (nSPS) is 10.5. The molecule has 0 unspecified atom stereocenters. The third-order valence-electron chi connectivity index (χ3n) is 1.77. The summed E-state index contributed by atoms with van der Waals surface area (Å²) in [7, 11) is 0. The molecule has 6 nitrogen and oxygen atoms in total. The zero-order valence-electron chi connectivity index (χ0n) is 9.94. The molecule has 0 aliphatic carbocycles. The first kappa shape index (κ1) is 14.9. The maximum absolute atomic E-state index is 11.6. The van der Waals surface area contributed by atoms with Crippen LogP contribution in [0, 0.1) is 5.92 Å². The van der Waals surface area contributed by atoms with Crippen LogP contribution in [0.4, 0.5) is 0 Å². The average Bonchev–Trinajstić information content (AvgIpc) is 2.15. The summed E-state index contributed by atoms with van der Waals surface area (Å²) in [5.74, 6) is -0.480. The third-order valence-corrected chi connectivity index (χ3v) is 1.77.